The van der Waals surface area contributed by atoms with Crippen LogP contribution in [0.2, 0.25) is 30.1 Å². The van der Waals surface area contributed by atoms with E-state index >= 15 is 0 Å². The highest BCUT2D eigenvalue weighted by atomic mass is 35.5. The molecule has 3 heterocycles. The molecule has 6 aromatic carbocycles. The van der Waals surface area contributed by atoms with E-state index in [4.69, 9.17) is 69.6 Å². The minimum absolute atomic E-state index is 0.0264. The second-order valence-electron chi connectivity index (χ2n) is 17.5. The van der Waals surface area contributed by atoms with Crippen molar-refractivity contribution in [3.63, 3.8) is 0 Å². The average molecular weight is 1130 g/mol. The van der Waals surface area contributed by atoms with Gasteiger partial charge in [0.25, 0.3) is 22.7 Å². The molecule has 0 radical (unpaired) electrons. The van der Waals surface area contributed by atoms with Crippen LogP contribution in [0.5, 0.6) is 0 Å². The van der Waals surface area contributed by atoms with Crippen molar-refractivity contribution in [1.82, 2.24) is 0 Å². The summed E-state index contributed by atoms with van der Waals surface area (Å²) in [5.74, 6) is -0.390. The molecule has 0 bridgehead atoms. The fraction of sp³-hybridized carbons (Fsp3) is 0.280. The number of anilines is 3. The molecule has 23 heteroatoms. The summed E-state index contributed by atoms with van der Waals surface area (Å²) in [5.41, 5.74) is 3.97. The first-order valence-corrected chi connectivity index (χ1v) is 26.3. The Morgan fingerprint density at radius 3 is 1.12 bits per heavy atom. The highest BCUT2D eigenvalue weighted by Crippen LogP contribution is 2.52. The Morgan fingerprint density at radius 2 is 0.808 bits per heavy atom. The molecule has 0 aliphatic carbocycles. The van der Waals surface area contributed by atoms with Gasteiger partial charge in [-0.2, -0.15) is 0 Å². The minimum atomic E-state index is -0.544. The molecular formula is C50H42Cl6FN7O8S. The topological polar surface area (TPSA) is 182 Å². The Hall–Kier alpha value is -5.66. The summed E-state index contributed by atoms with van der Waals surface area (Å²) >= 11 is 39.2. The largest absolute Gasteiger partial charge is 0.369 e. The molecule has 0 amide bonds. The summed E-state index contributed by atoms with van der Waals surface area (Å²) in [6.07, 6.45) is 7.51. The molecule has 3 saturated heterocycles. The molecule has 380 valence electrons. The van der Waals surface area contributed by atoms with Crippen LogP contribution in [0.25, 0.3) is 0 Å². The summed E-state index contributed by atoms with van der Waals surface area (Å²) in [6, 6.07) is 26.1. The molecule has 0 aromatic heterocycles. The van der Waals surface area contributed by atoms with Gasteiger partial charge in [-0.15, -0.1) is 11.8 Å². The average Bonchev–Trinajstić information content (AvgIpc) is 4.01. The van der Waals surface area contributed by atoms with Crippen LogP contribution in [-0.2, 0) is 0 Å². The standard InChI is InChI=1S/C27H24Cl4N4O4.C23H18Cl2FN3O4S/c28-19-6-4-16(12-25(19)34(36)37)23-8-9-24(17-5-7-20(29)26(13-17)35(38)39)33(23)18-14-21(30)27(22(31)15-18)32-10-2-1-3-11-32;1-34-23-9-4-15(12-18(23)26)27-19(13-2-5-16(24)21(10-13)28(30)31)7-8-20(27)14-3-6-17(25)22(11-14)29(32)33/h4-7,12-15,23-24H,1-3,8-11H2;2-6,9-12,19-20H,7-8H2,1H3/t23-,24-;19-,20-/m11/s1. The van der Waals surface area contributed by atoms with Crippen molar-refractivity contribution in [2.24, 2.45) is 0 Å². The minimum Gasteiger partial charge on any atom is -0.369 e. The lowest BCUT2D eigenvalue weighted by Crippen LogP contribution is -2.30. The molecule has 0 saturated carbocycles. The number of hydrogen-bond acceptors (Lipinski definition) is 12. The number of halogens is 7. The number of piperidine rings is 1. The van der Waals surface area contributed by atoms with Crippen LogP contribution in [0.4, 0.5) is 44.2 Å². The number of nitrogens with zero attached hydrogens (tertiary/aromatic N) is 7. The predicted molar refractivity (Wildman–Crippen MR) is 288 cm³/mol. The Labute approximate surface area is 452 Å². The van der Waals surface area contributed by atoms with Crippen LogP contribution in [-0.4, -0.2) is 39.0 Å². The molecule has 3 aliphatic rings. The van der Waals surface area contributed by atoms with Crippen molar-refractivity contribution in [3.05, 3.63) is 202 Å². The molecule has 0 spiro atoms. The highest BCUT2D eigenvalue weighted by Gasteiger charge is 2.40. The third kappa shape index (κ3) is 11.4. The monoisotopic (exact) mass is 1130 g/mol. The zero-order chi connectivity index (χ0) is 52.4. The number of thioether (sulfide) groups is 1. The van der Waals surface area contributed by atoms with Gasteiger partial charge in [-0.1, -0.05) is 93.9 Å². The van der Waals surface area contributed by atoms with Crippen LogP contribution in [0, 0.1) is 46.3 Å². The van der Waals surface area contributed by atoms with Gasteiger partial charge in [-0.05, 0) is 128 Å². The van der Waals surface area contributed by atoms with Gasteiger partial charge in [0, 0.05) is 53.6 Å². The molecule has 9 rings (SSSR count). The van der Waals surface area contributed by atoms with Crippen LogP contribution >= 0.6 is 81.4 Å². The van der Waals surface area contributed by atoms with Gasteiger partial charge in [-0.3, -0.25) is 40.5 Å². The first-order valence-electron chi connectivity index (χ1n) is 22.8. The van der Waals surface area contributed by atoms with Crippen molar-refractivity contribution in [3.8, 4) is 0 Å². The molecule has 0 unspecified atom stereocenters. The van der Waals surface area contributed by atoms with E-state index in [9.17, 15) is 44.8 Å². The lowest BCUT2D eigenvalue weighted by atomic mass is 10.0. The van der Waals surface area contributed by atoms with Gasteiger partial charge in [0.2, 0.25) is 0 Å². The number of nitro groups is 4. The Morgan fingerprint density at radius 1 is 0.466 bits per heavy atom. The maximum atomic E-state index is 14.7. The van der Waals surface area contributed by atoms with Crippen molar-refractivity contribution in [2.75, 3.05) is 34.0 Å². The third-order valence-corrected chi connectivity index (χ3v) is 16.0. The maximum absolute atomic E-state index is 14.7. The van der Waals surface area contributed by atoms with E-state index in [1.54, 1.807) is 42.7 Å². The van der Waals surface area contributed by atoms with E-state index in [1.165, 1.54) is 72.8 Å². The van der Waals surface area contributed by atoms with Gasteiger partial charge < -0.3 is 14.7 Å². The molecule has 6 aromatic rings. The third-order valence-electron chi connectivity index (χ3n) is 13.4. The Kier molecular flexibility index (Phi) is 16.8. The van der Waals surface area contributed by atoms with E-state index in [0.717, 1.165) is 31.6 Å². The summed E-state index contributed by atoms with van der Waals surface area (Å²) in [4.78, 5) is 50.8. The van der Waals surface area contributed by atoms with E-state index < -0.39 is 25.5 Å². The second kappa shape index (κ2) is 22.8. The maximum Gasteiger partial charge on any atom is 0.288 e. The summed E-state index contributed by atoms with van der Waals surface area (Å²) in [5, 5.41) is 47.3. The number of hydrogen-bond donors (Lipinski definition) is 0. The first kappa shape index (κ1) is 53.6. The lowest BCUT2D eigenvalue weighted by molar-refractivity contribution is -0.384. The van der Waals surface area contributed by atoms with E-state index in [1.807, 2.05) is 17.0 Å². The number of benzene rings is 6. The zero-order valence-corrected chi connectivity index (χ0v) is 43.8. The Balaban J connectivity index is 0.000000197. The van der Waals surface area contributed by atoms with E-state index in [0.29, 0.717) is 74.3 Å². The second-order valence-corrected chi connectivity index (χ2v) is 20.8. The van der Waals surface area contributed by atoms with Gasteiger partial charge in [0.1, 0.15) is 25.9 Å². The van der Waals surface area contributed by atoms with Crippen LogP contribution < -0.4 is 14.7 Å². The summed E-state index contributed by atoms with van der Waals surface area (Å²) < 4.78 is 14.7. The predicted octanol–water partition coefficient (Wildman–Crippen LogP) is 16.9. The smallest absolute Gasteiger partial charge is 0.288 e. The van der Waals surface area contributed by atoms with Crippen LogP contribution in [0.3, 0.4) is 0 Å². The lowest BCUT2D eigenvalue weighted by Gasteiger charge is -2.35. The molecule has 3 fully saturated rings. The Bertz CT molecular complexity index is 2990. The SMILES string of the molecule is CSc1ccc(N2[C@@H](c3ccc(Cl)c([N+](=O)[O-])c3)CC[C@@H]2c2ccc(Cl)c([N+](=O)[O-])c2)cc1F.O=[N+]([O-])c1cc([C@H]2CC[C@H](c3ccc(Cl)c([N+](=O)[O-])c3)N2c2cc(Cl)c(N3CCCCC3)c(Cl)c2)ccc1Cl. The summed E-state index contributed by atoms with van der Waals surface area (Å²) in [6.45, 7) is 1.74. The van der Waals surface area contributed by atoms with Gasteiger partial charge in [0.15, 0.2) is 0 Å². The van der Waals surface area contributed by atoms with Crippen molar-refractivity contribution < 1.29 is 24.1 Å². The fourth-order valence-electron chi connectivity index (χ4n) is 10.1. The zero-order valence-electron chi connectivity index (χ0n) is 38.4. The van der Waals surface area contributed by atoms with Gasteiger partial charge in [-0.25, -0.2) is 4.39 Å². The first-order chi connectivity index (χ1) is 34.9. The molecule has 0 N–H and O–H groups in total. The van der Waals surface area contributed by atoms with Crippen LogP contribution in [0.1, 0.15) is 91.4 Å². The molecule has 4 atom stereocenters. The quantitative estimate of drug-likeness (QED) is 0.0643. The summed E-state index contributed by atoms with van der Waals surface area (Å²) in [7, 11) is 0. The van der Waals surface area contributed by atoms with E-state index in [-0.39, 0.29) is 67.0 Å². The molecule has 15 nitrogen and oxygen atoms in total. The highest BCUT2D eigenvalue weighted by molar-refractivity contribution is 7.98. The molecule has 73 heavy (non-hydrogen) atoms. The normalized spacial score (nSPS) is 18.6. The van der Waals surface area contributed by atoms with Crippen molar-refractivity contribution in [1.29, 1.82) is 0 Å². The number of rotatable bonds is 12. The van der Waals surface area contributed by atoms with Gasteiger partial charge >= 0.3 is 0 Å². The van der Waals surface area contributed by atoms with Gasteiger partial charge in [0.05, 0.1) is 59.6 Å². The number of nitro benzene ring substituents is 4. The van der Waals surface area contributed by atoms with E-state index in [2.05, 4.69) is 9.80 Å². The molecule has 3 aliphatic heterocycles. The van der Waals surface area contributed by atoms with Crippen LogP contribution in [0.15, 0.2) is 108 Å². The van der Waals surface area contributed by atoms with Crippen molar-refractivity contribution >= 4 is 121 Å². The fourth-order valence-corrected chi connectivity index (χ4v) is 12.0. The molecular weight excluding hydrogens is 1090 g/mol. The van der Waals surface area contributed by atoms with Crippen molar-refractivity contribution in [2.45, 2.75) is 74.0 Å².